The Morgan fingerprint density at radius 1 is 1.04 bits per heavy atom. The zero-order valence-corrected chi connectivity index (χ0v) is 16.2. The Morgan fingerprint density at radius 3 is 2.36 bits per heavy atom. The van der Waals surface area contributed by atoms with Crippen molar-refractivity contribution in [3.05, 3.63) is 71.3 Å². The fraction of sp³-hybridized carbons (Fsp3) is 0.364. The highest BCUT2D eigenvalue weighted by molar-refractivity contribution is 5.94. The van der Waals surface area contributed by atoms with Crippen LogP contribution in [0, 0.1) is 0 Å². The third-order valence-electron chi connectivity index (χ3n) is 4.81. The lowest BCUT2D eigenvalue weighted by Gasteiger charge is -2.31. The van der Waals surface area contributed by atoms with Crippen molar-refractivity contribution < 1.29 is 14.3 Å². The van der Waals surface area contributed by atoms with Crippen LogP contribution in [0.4, 0.5) is 0 Å². The maximum atomic E-state index is 12.8. The lowest BCUT2D eigenvalue weighted by atomic mass is 10.0. The molecule has 2 amide bonds. The van der Waals surface area contributed by atoms with Gasteiger partial charge in [-0.1, -0.05) is 42.5 Å². The fourth-order valence-corrected chi connectivity index (χ4v) is 3.20. The summed E-state index contributed by atoms with van der Waals surface area (Å²) in [7, 11) is 0. The second-order valence-corrected chi connectivity index (χ2v) is 6.96. The van der Waals surface area contributed by atoms with Crippen LogP contribution >= 0.6 is 0 Å². The number of carbonyl (C=O) groups excluding carboxylic acids is 2. The standard InChI is InChI=1S/C22H27N3O3/c1-17(26)23-15-18-7-9-20(10-8-18)22(27)24-21(19-5-3-2-4-6-19)16-25-11-13-28-14-12-25/h2-10,21H,11-16H2,1H3,(H,23,26)(H,24,27). The molecule has 0 radical (unpaired) electrons. The first-order valence-corrected chi connectivity index (χ1v) is 9.61. The molecule has 1 fully saturated rings. The fourth-order valence-electron chi connectivity index (χ4n) is 3.20. The SMILES string of the molecule is CC(=O)NCc1ccc(C(=O)NC(CN2CCOCC2)c2ccccc2)cc1. The van der Waals surface area contributed by atoms with Crippen molar-refractivity contribution in [2.75, 3.05) is 32.8 Å². The second-order valence-electron chi connectivity index (χ2n) is 6.96. The van der Waals surface area contributed by atoms with Crippen molar-refractivity contribution in [3.8, 4) is 0 Å². The van der Waals surface area contributed by atoms with Crippen LogP contribution in [0.5, 0.6) is 0 Å². The minimum atomic E-state index is -0.104. The highest BCUT2D eigenvalue weighted by Gasteiger charge is 2.20. The van der Waals surface area contributed by atoms with Crippen molar-refractivity contribution in [1.82, 2.24) is 15.5 Å². The van der Waals surface area contributed by atoms with Gasteiger partial charge in [0.2, 0.25) is 5.91 Å². The first-order chi connectivity index (χ1) is 13.6. The maximum absolute atomic E-state index is 12.8. The van der Waals surface area contributed by atoms with Gasteiger partial charge in [0.25, 0.3) is 5.91 Å². The number of nitrogens with zero attached hydrogens (tertiary/aromatic N) is 1. The van der Waals surface area contributed by atoms with Gasteiger partial charge in [-0.15, -0.1) is 0 Å². The van der Waals surface area contributed by atoms with E-state index in [0.717, 1.165) is 44.0 Å². The monoisotopic (exact) mass is 381 g/mol. The number of hydrogen-bond donors (Lipinski definition) is 2. The van der Waals surface area contributed by atoms with E-state index in [-0.39, 0.29) is 17.9 Å². The molecular weight excluding hydrogens is 354 g/mol. The lowest BCUT2D eigenvalue weighted by molar-refractivity contribution is -0.119. The molecule has 1 unspecified atom stereocenters. The number of rotatable bonds is 7. The molecule has 2 aromatic rings. The van der Waals surface area contributed by atoms with Gasteiger partial charge in [0.05, 0.1) is 19.3 Å². The molecule has 0 bridgehead atoms. The maximum Gasteiger partial charge on any atom is 0.251 e. The molecule has 6 nitrogen and oxygen atoms in total. The summed E-state index contributed by atoms with van der Waals surface area (Å²) in [5.74, 6) is -0.177. The van der Waals surface area contributed by atoms with Crippen LogP contribution in [0.25, 0.3) is 0 Å². The Morgan fingerprint density at radius 2 is 1.71 bits per heavy atom. The summed E-state index contributed by atoms with van der Waals surface area (Å²) in [6.45, 7) is 5.89. The molecule has 148 valence electrons. The van der Waals surface area contributed by atoms with E-state index < -0.39 is 0 Å². The molecule has 0 spiro atoms. The quantitative estimate of drug-likeness (QED) is 0.771. The number of hydrogen-bond acceptors (Lipinski definition) is 4. The second kappa shape index (κ2) is 10.0. The van der Waals surface area contributed by atoms with Gasteiger partial charge < -0.3 is 15.4 Å². The largest absolute Gasteiger partial charge is 0.379 e. The van der Waals surface area contributed by atoms with Crippen molar-refractivity contribution in [3.63, 3.8) is 0 Å². The van der Waals surface area contributed by atoms with Gasteiger partial charge in [0, 0.05) is 38.7 Å². The summed E-state index contributed by atoms with van der Waals surface area (Å²) >= 11 is 0. The van der Waals surface area contributed by atoms with Crippen LogP contribution in [0.15, 0.2) is 54.6 Å². The Hall–Kier alpha value is -2.70. The van der Waals surface area contributed by atoms with Gasteiger partial charge in [-0.25, -0.2) is 0 Å². The number of ether oxygens (including phenoxy) is 1. The van der Waals surface area contributed by atoms with E-state index in [1.165, 1.54) is 6.92 Å². The normalized spacial score (nSPS) is 15.6. The molecule has 0 saturated carbocycles. The molecule has 3 rings (SSSR count). The third-order valence-corrected chi connectivity index (χ3v) is 4.81. The van der Waals surface area contributed by atoms with Crippen molar-refractivity contribution >= 4 is 11.8 Å². The predicted molar refractivity (Wildman–Crippen MR) is 108 cm³/mol. The Balaban J connectivity index is 1.67. The summed E-state index contributed by atoms with van der Waals surface area (Å²) in [6.07, 6.45) is 0. The average Bonchev–Trinajstić information content (AvgIpc) is 2.73. The van der Waals surface area contributed by atoms with Gasteiger partial charge >= 0.3 is 0 Å². The molecule has 1 heterocycles. The topological polar surface area (TPSA) is 70.7 Å². The average molecular weight is 381 g/mol. The molecule has 0 aromatic heterocycles. The van der Waals surface area contributed by atoms with E-state index in [1.54, 1.807) is 12.1 Å². The molecular formula is C22H27N3O3. The van der Waals surface area contributed by atoms with Crippen LogP contribution in [-0.2, 0) is 16.1 Å². The van der Waals surface area contributed by atoms with Crippen LogP contribution in [0.2, 0.25) is 0 Å². The summed E-state index contributed by atoms with van der Waals surface area (Å²) in [5.41, 5.74) is 2.65. The van der Waals surface area contributed by atoms with E-state index in [2.05, 4.69) is 15.5 Å². The van der Waals surface area contributed by atoms with E-state index in [9.17, 15) is 9.59 Å². The van der Waals surface area contributed by atoms with Crippen LogP contribution < -0.4 is 10.6 Å². The van der Waals surface area contributed by atoms with E-state index in [1.807, 2.05) is 42.5 Å². The zero-order chi connectivity index (χ0) is 19.8. The van der Waals surface area contributed by atoms with E-state index >= 15 is 0 Å². The molecule has 2 aromatic carbocycles. The molecule has 1 aliphatic rings. The molecule has 28 heavy (non-hydrogen) atoms. The van der Waals surface area contributed by atoms with Crippen molar-refractivity contribution in [2.24, 2.45) is 0 Å². The minimum absolute atomic E-state index is 0.0735. The summed E-state index contributed by atoms with van der Waals surface area (Å²) in [5, 5.41) is 5.93. The highest BCUT2D eigenvalue weighted by Crippen LogP contribution is 2.16. The van der Waals surface area contributed by atoms with Crippen molar-refractivity contribution in [1.29, 1.82) is 0 Å². The molecule has 1 aliphatic heterocycles. The molecule has 0 aliphatic carbocycles. The third kappa shape index (κ3) is 5.90. The number of nitrogens with one attached hydrogen (secondary N) is 2. The van der Waals surface area contributed by atoms with Gasteiger partial charge in [-0.05, 0) is 23.3 Å². The number of amides is 2. The zero-order valence-electron chi connectivity index (χ0n) is 16.2. The number of morpholine rings is 1. The summed E-state index contributed by atoms with van der Waals surface area (Å²) < 4.78 is 5.43. The highest BCUT2D eigenvalue weighted by atomic mass is 16.5. The molecule has 2 N–H and O–H groups in total. The van der Waals surface area contributed by atoms with Gasteiger partial charge in [-0.3, -0.25) is 14.5 Å². The number of benzene rings is 2. The minimum Gasteiger partial charge on any atom is -0.379 e. The first-order valence-electron chi connectivity index (χ1n) is 9.61. The summed E-state index contributed by atoms with van der Waals surface area (Å²) in [6, 6.07) is 17.3. The van der Waals surface area contributed by atoms with E-state index in [0.29, 0.717) is 12.1 Å². The smallest absolute Gasteiger partial charge is 0.251 e. The van der Waals surface area contributed by atoms with Crippen molar-refractivity contribution in [2.45, 2.75) is 19.5 Å². The molecule has 6 heteroatoms. The summed E-state index contributed by atoms with van der Waals surface area (Å²) in [4.78, 5) is 26.2. The first kappa shape index (κ1) is 20.0. The predicted octanol–water partition coefficient (Wildman–Crippen LogP) is 2.13. The van der Waals surface area contributed by atoms with Crippen LogP contribution in [0.3, 0.4) is 0 Å². The van der Waals surface area contributed by atoms with E-state index in [4.69, 9.17) is 4.74 Å². The van der Waals surface area contributed by atoms with Gasteiger partial charge in [0.15, 0.2) is 0 Å². The van der Waals surface area contributed by atoms with Gasteiger partial charge in [0.1, 0.15) is 0 Å². The Bertz CT molecular complexity index is 771. The Kier molecular flexibility index (Phi) is 7.17. The molecule has 1 atom stereocenters. The van der Waals surface area contributed by atoms with Gasteiger partial charge in [-0.2, -0.15) is 0 Å². The number of carbonyl (C=O) groups is 2. The molecule has 1 saturated heterocycles. The van der Waals surface area contributed by atoms with Crippen LogP contribution in [-0.4, -0.2) is 49.6 Å². The van der Waals surface area contributed by atoms with Crippen LogP contribution in [0.1, 0.15) is 34.5 Å². The Labute approximate surface area is 165 Å². The lowest BCUT2D eigenvalue weighted by Crippen LogP contribution is -2.43.